The number of unbranched alkanes of at least 4 members (excludes halogenated alkanes) is 27. The molecule has 0 aromatic carbocycles. The molecule has 0 aliphatic heterocycles. The van der Waals surface area contributed by atoms with Crippen LogP contribution in [0.1, 0.15) is 278 Å². The van der Waals surface area contributed by atoms with E-state index < -0.39 is 6.10 Å². The highest BCUT2D eigenvalue weighted by Crippen LogP contribution is 2.16. The van der Waals surface area contributed by atoms with Gasteiger partial charge in [0.1, 0.15) is 13.2 Å². The minimum atomic E-state index is -0.772. The maximum Gasteiger partial charge on any atom is 0.306 e. The van der Waals surface area contributed by atoms with Crippen LogP contribution in [0, 0.1) is 0 Å². The summed E-state index contributed by atoms with van der Waals surface area (Å²) in [5, 5.41) is 0. The van der Waals surface area contributed by atoms with Crippen molar-refractivity contribution in [2.45, 2.75) is 284 Å². The van der Waals surface area contributed by atoms with Crippen LogP contribution in [0.4, 0.5) is 0 Å². The van der Waals surface area contributed by atoms with Gasteiger partial charge in [0.25, 0.3) is 0 Å². The molecule has 6 nitrogen and oxygen atoms in total. The first-order chi connectivity index (χ1) is 34.0. The molecule has 0 aliphatic rings. The molecule has 0 saturated heterocycles. The average Bonchev–Trinajstić information content (AvgIpc) is 3.35. The maximum absolute atomic E-state index is 12.8. The molecule has 0 spiro atoms. The summed E-state index contributed by atoms with van der Waals surface area (Å²) in [7, 11) is 0. The first-order valence-corrected chi connectivity index (χ1v) is 29.1. The minimum absolute atomic E-state index is 0.0752. The van der Waals surface area contributed by atoms with Gasteiger partial charge in [-0.3, -0.25) is 14.4 Å². The van der Waals surface area contributed by atoms with E-state index in [2.05, 4.69) is 106 Å². The zero-order valence-corrected chi connectivity index (χ0v) is 45.3. The van der Waals surface area contributed by atoms with Gasteiger partial charge in [-0.1, -0.05) is 266 Å². The predicted molar refractivity (Wildman–Crippen MR) is 297 cm³/mol. The molecule has 0 radical (unpaired) electrons. The van der Waals surface area contributed by atoms with Gasteiger partial charge in [0.05, 0.1) is 0 Å². The van der Waals surface area contributed by atoms with E-state index >= 15 is 0 Å². The normalized spacial score (nSPS) is 12.7. The Morgan fingerprint density at radius 2 is 0.565 bits per heavy atom. The summed E-state index contributed by atoms with van der Waals surface area (Å²) in [6, 6.07) is 0. The predicted octanol–water partition coefficient (Wildman–Crippen LogP) is 19.5. The Hall–Kier alpha value is -3.41. The number of hydrogen-bond acceptors (Lipinski definition) is 6. The summed E-state index contributed by atoms with van der Waals surface area (Å²) in [4.78, 5) is 37.8. The number of allylic oxidation sites excluding steroid dienone is 14. The van der Waals surface area contributed by atoms with Crippen LogP contribution in [0.15, 0.2) is 85.1 Å². The summed E-state index contributed by atoms with van der Waals surface area (Å²) in [5.74, 6) is -0.885. The van der Waals surface area contributed by atoms with E-state index in [1.54, 1.807) is 0 Å². The molecule has 69 heavy (non-hydrogen) atoms. The summed E-state index contributed by atoms with van der Waals surface area (Å²) in [6.45, 7) is 6.47. The molecule has 0 aliphatic carbocycles. The Kier molecular flexibility index (Phi) is 54.3. The van der Waals surface area contributed by atoms with Gasteiger partial charge in [-0.05, 0) is 77.0 Å². The van der Waals surface area contributed by atoms with Crippen molar-refractivity contribution in [2.75, 3.05) is 13.2 Å². The van der Waals surface area contributed by atoms with Gasteiger partial charge < -0.3 is 14.2 Å². The second-order valence-electron chi connectivity index (χ2n) is 19.2. The molecule has 396 valence electrons. The maximum atomic E-state index is 12.8. The third-order valence-corrected chi connectivity index (χ3v) is 12.4. The Bertz CT molecular complexity index is 1330. The van der Waals surface area contributed by atoms with Crippen molar-refractivity contribution in [3.05, 3.63) is 85.1 Å². The lowest BCUT2D eigenvalue weighted by atomic mass is 10.0. The highest BCUT2D eigenvalue weighted by atomic mass is 16.6. The minimum Gasteiger partial charge on any atom is -0.462 e. The van der Waals surface area contributed by atoms with Crippen molar-refractivity contribution in [3.63, 3.8) is 0 Å². The van der Waals surface area contributed by atoms with E-state index in [-0.39, 0.29) is 31.1 Å². The van der Waals surface area contributed by atoms with Crippen LogP contribution < -0.4 is 0 Å². The fourth-order valence-corrected chi connectivity index (χ4v) is 8.07. The van der Waals surface area contributed by atoms with Crippen LogP contribution in [0.5, 0.6) is 0 Å². The molecule has 0 bridgehead atoms. The topological polar surface area (TPSA) is 78.9 Å². The first-order valence-electron chi connectivity index (χ1n) is 29.1. The van der Waals surface area contributed by atoms with Crippen molar-refractivity contribution in [3.8, 4) is 0 Å². The summed E-state index contributed by atoms with van der Waals surface area (Å²) >= 11 is 0. The SMILES string of the molecule is CC/C=C\C/C=C\C/C=C\C/C=C\C/C=C\C/C=C\C/C=C\CCCCCCCCCCCC(=O)OCC(COC(=O)CCCCCCCC)OC(=O)CCCCCCCCCCCCCCCC. The summed E-state index contributed by atoms with van der Waals surface area (Å²) in [5.41, 5.74) is 0. The van der Waals surface area contributed by atoms with Crippen LogP contribution in [0.3, 0.4) is 0 Å². The summed E-state index contributed by atoms with van der Waals surface area (Å²) < 4.78 is 16.7. The van der Waals surface area contributed by atoms with E-state index in [1.807, 2.05) is 0 Å². The number of rotatable bonds is 52. The lowest BCUT2D eigenvalue weighted by molar-refractivity contribution is -0.167. The van der Waals surface area contributed by atoms with Crippen LogP contribution in [0.2, 0.25) is 0 Å². The Balaban J connectivity index is 4.08. The van der Waals surface area contributed by atoms with E-state index in [1.165, 1.54) is 128 Å². The third-order valence-electron chi connectivity index (χ3n) is 12.4. The standard InChI is InChI=1S/C63H108O6/c1-4-7-10-13-16-18-20-22-24-25-26-27-28-29-30-31-32-33-34-35-36-37-38-39-40-42-43-45-47-50-53-56-62(65)68-59-60(58-67-61(64)55-52-49-15-12-9-6-3)69-63(66)57-54-51-48-46-44-41-23-21-19-17-14-11-8-5-2/h7,10,16,18,22,24,26-27,29-30,32-33,35-36,60H,4-6,8-9,11-15,17,19-21,23,25,28,31,34,37-59H2,1-3H3/b10-7-,18-16-,24-22-,27-26-,30-29-,33-32-,36-35-. The number of ether oxygens (including phenoxy) is 3. The van der Waals surface area contributed by atoms with Crippen LogP contribution in [0.25, 0.3) is 0 Å². The summed E-state index contributed by atoms with van der Waals surface area (Å²) in [6.07, 6.45) is 74.7. The number of hydrogen-bond donors (Lipinski definition) is 0. The highest BCUT2D eigenvalue weighted by Gasteiger charge is 2.19. The van der Waals surface area contributed by atoms with Crippen molar-refractivity contribution in [1.29, 1.82) is 0 Å². The Labute approximate surface area is 426 Å². The molecule has 0 fully saturated rings. The fourth-order valence-electron chi connectivity index (χ4n) is 8.07. The molecule has 0 heterocycles. The molecule has 0 saturated carbocycles. The number of carbonyl (C=O) groups excluding carboxylic acids is 3. The van der Waals surface area contributed by atoms with Gasteiger partial charge in [-0.2, -0.15) is 0 Å². The molecule has 0 aromatic heterocycles. The van der Waals surface area contributed by atoms with E-state index in [4.69, 9.17) is 14.2 Å². The van der Waals surface area contributed by atoms with Gasteiger partial charge in [0, 0.05) is 19.3 Å². The van der Waals surface area contributed by atoms with Crippen molar-refractivity contribution in [2.24, 2.45) is 0 Å². The van der Waals surface area contributed by atoms with Gasteiger partial charge in [0.15, 0.2) is 6.10 Å². The fraction of sp³-hybridized carbons (Fsp3) is 0.730. The second-order valence-corrected chi connectivity index (χ2v) is 19.2. The highest BCUT2D eigenvalue weighted by molar-refractivity contribution is 5.71. The third kappa shape index (κ3) is 55.4. The largest absolute Gasteiger partial charge is 0.462 e. The van der Waals surface area contributed by atoms with Gasteiger partial charge in [-0.25, -0.2) is 0 Å². The van der Waals surface area contributed by atoms with E-state index in [0.29, 0.717) is 19.3 Å². The molecule has 0 N–H and O–H groups in total. The van der Waals surface area contributed by atoms with Crippen LogP contribution >= 0.6 is 0 Å². The number of esters is 3. The lowest BCUT2D eigenvalue weighted by Gasteiger charge is -2.18. The monoisotopic (exact) mass is 961 g/mol. The smallest absolute Gasteiger partial charge is 0.306 e. The van der Waals surface area contributed by atoms with E-state index in [0.717, 1.165) is 109 Å². The average molecular weight is 962 g/mol. The van der Waals surface area contributed by atoms with Crippen molar-refractivity contribution >= 4 is 17.9 Å². The van der Waals surface area contributed by atoms with Crippen molar-refractivity contribution in [1.82, 2.24) is 0 Å². The molecular weight excluding hydrogens is 853 g/mol. The molecule has 0 aromatic rings. The molecule has 1 unspecified atom stereocenters. The van der Waals surface area contributed by atoms with Gasteiger partial charge >= 0.3 is 17.9 Å². The zero-order chi connectivity index (χ0) is 50.0. The number of carbonyl (C=O) groups is 3. The second kappa shape index (κ2) is 57.2. The quantitative estimate of drug-likeness (QED) is 0.0262. The van der Waals surface area contributed by atoms with Crippen molar-refractivity contribution < 1.29 is 28.6 Å². The first kappa shape index (κ1) is 65.6. The molecule has 6 heteroatoms. The zero-order valence-electron chi connectivity index (χ0n) is 45.3. The van der Waals surface area contributed by atoms with Crippen LogP contribution in [-0.2, 0) is 28.6 Å². The van der Waals surface area contributed by atoms with Gasteiger partial charge in [-0.15, -0.1) is 0 Å². The Morgan fingerprint density at radius 1 is 0.304 bits per heavy atom. The van der Waals surface area contributed by atoms with E-state index in [9.17, 15) is 14.4 Å². The van der Waals surface area contributed by atoms with Gasteiger partial charge in [0.2, 0.25) is 0 Å². The Morgan fingerprint density at radius 3 is 0.884 bits per heavy atom. The molecule has 0 amide bonds. The van der Waals surface area contributed by atoms with Crippen LogP contribution in [-0.4, -0.2) is 37.2 Å². The lowest BCUT2D eigenvalue weighted by Crippen LogP contribution is -2.30. The molecular formula is C63H108O6. The molecule has 1 atom stereocenters. The molecule has 0 rings (SSSR count).